The van der Waals surface area contributed by atoms with Crippen molar-refractivity contribution in [3.05, 3.63) is 5.69 Å². The number of nitrogens with zero attached hydrogens (tertiary/aromatic N) is 3. The molecule has 0 radical (unpaired) electrons. The van der Waals surface area contributed by atoms with Crippen molar-refractivity contribution in [1.29, 1.82) is 0 Å². The van der Waals surface area contributed by atoms with Crippen molar-refractivity contribution in [3.8, 4) is 0 Å². The van der Waals surface area contributed by atoms with Crippen LogP contribution in [-0.4, -0.2) is 21.5 Å². The zero-order valence-corrected chi connectivity index (χ0v) is 5.96. The van der Waals surface area contributed by atoms with E-state index in [2.05, 4.69) is 15.6 Å². The van der Waals surface area contributed by atoms with Gasteiger partial charge in [-0.05, 0) is 13.3 Å². The van der Waals surface area contributed by atoms with Crippen molar-refractivity contribution in [2.24, 2.45) is 0 Å². The van der Waals surface area contributed by atoms with Crippen LogP contribution in [0.3, 0.4) is 0 Å². The number of nitrogens with one attached hydrogen (secondary N) is 1. The van der Waals surface area contributed by atoms with Gasteiger partial charge in [-0.25, -0.2) is 4.68 Å². The summed E-state index contributed by atoms with van der Waals surface area (Å²) in [6.45, 7) is 4.02. The molecule has 10 heavy (non-hydrogen) atoms. The van der Waals surface area contributed by atoms with Crippen molar-refractivity contribution >= 4 is 5.82 Å². The summed E-state index contributed by atoms with van der Waals surface area (Å²) < 4.78 is 1.92. The number of aryl methyl sites for hydroxylation is 2. The van der Waals surface area contributed by atoms with Gasteiger partial charge in [-0.15, -0.1) is 5.10 Å². The largest absolute Gasteiger partial charge is 0.369 e. The van der Waals surface area contributed by atoms with E-state index in [0.29, 0.717) is 0 Å². The lowest BCUT2D eigenvalue weighted by Gasteiger charge is -2.14. The van der Waals surface area contributed by atoms with Crippen LogP contribution >= 0.6 is 0 Å². The van der Waals surface area contributed by atoms with Crippen molar-refractivity contribution < 1.29 is 0 Å². The van der Waals surface area contributed by atoms with Crippen LogP contribution < -0.4 is 5.32 Å². The minimum atomic E-state index is 1.000. The first-order valence-corrected chi connectivity index (χ1v) is 3.52. The van der Waals surface area contributed by atoms with Crippen LogP contribution in [0.4, 0.5) is 5.82 Å². The summed E-state index contributed by atoms with van der Waals surface area (Å²) in [5, 5.41) is 11.2. The SMILES string of the molecule is Cc1nnn2c1NCCC2. The predicted molar refractivity (Wildman–Crippen MR) is 37.9 cm³/mol. The standard InChI is InChI=1S/C6H10N4/c1-5-6-7-3-2-4-10(6)9-8-5/h7H,2-4H2,1H3. The summed E-state index contributed by atoms with van der Waals surface area (Å²) in [6.07, 6.45) is 1.15. The molecule has 1 aromatic rings. The van der Waals surface area contributed by atoms with E-state index in [4.69, 9.17) is 0 Å². The summed E-state index contributed by atoms with van der Waals surface area (Å²) in [5.41, 5.74) is 1.000. The van der Waals surface area contributed by atoms with Crippen molar-refractivity contribution in [3.63, 3.8) is 0 Å². The van der Waals surface area contributed by atoms with Gasteiger partial charge in [0, 0.05) is 13.1 Å². The van der Waals surface area contributed by atoms with E-state index in [1.807, 2.05) is 11.6 Å². The first-order chi connectivity index (χ1) is 4.88. The maximum Gasteiger partial charge on any atom is 0.147 e. The molecule has 0 spiro atoms. The number of hydrogen-bond acceptors (Lipinski definition) is 3. The molecular formula is C6H10N4. The second kappa shape index (κ2) is 1.97. The van der Waals surface area contributed by atoms with Crippen LogP contribution in [-0.2, 0) is 6.54 Å². The average molecular weight is 138 g/mol. The first kappa shape index (κ1) is 5.70. The molecule has 0 saturated carbocycles. The summed E-state index contributed by atoms with van der Waals surface area (Å²) in [6, 6.07) is 0. The lowest BCUT2D eigenvalue weighted by atomic mass is 10.3. The van der Waals surface area contributed by atoms with Gasteiger partial charge in [-0.1, -0.05) is 5.21 Å². The van der Waals surface area contributed by atoms with Crippen LogP contribution in [0.15, 0.2) is 0 Å². The molecule has 1 aromatic heterocycles. The van der Waals surface area contributed by atoms with Crippen LogP contribution in [0.1, 0.15) is 12.1 Å². The van der Waals surface area contributed by atoms with E-state index >= 15 is 0 Å². The first-order valence-electron chi connectivity index (χ1n) is 3.52. The van der Waals surface area contributed by atoms with Gasteiger partial charge in [0.15, 0.2) is 0 Å². The minimum absolute atomic E-state index is 1.000. The highest BCUT2D eigenvalue weighted by atomic mass is 15.5. The highest BCUT2D eigenvalue weighted by Gasteiger charge is 2.11. The third kappa shape index (κ3) is 0.683. The van der Waals surface area contributed by atoms with E-state index < -0.39 is 0 Å². The molecule has 1 aliphatic rings. The Bertz CT molecular complexity index is 240. The molecule has 0 amide bonds. The molecule has 4 nitrogen and oxygen atoms in total. The van der Waals surface area contributed by atoms with E-state index in [1.54, 1.807) is 0 Å². The molecule has 0 aromatic carbocycles. The number of rotatable bonds is 0. The lowest BCUT2D eigenvalue weighted by Crippen LogP contribution is -2.17. The Morgan fingerprint density at radius 1 is 1.60 bits per heavy atom. The predicted octanol–water partition coefficient (Wildman–Crippen LogP) is 0.402. The van der Waals surface area contributed by atoms with E-state index in [1.165, 1.54) is 0 Å². The summed E-state index contributed by atoms with van der Waals surface area (Å²) in [7, 11) is 0. The molecule has 0 fully saturated rings. The average Bonchev–Trinajstić information content (AvgIpc) is 2.34. The van der Waals surface area contributed by atoms with Gasteiger partial charge in [0.25, 0.3) is 0 Å². The normalized spacial score (nSPS) is 16.1. The highest BCUT2D eigenvalue weighted by Crippen LogP contribution is 2.14. The Balaban J connectivity index is 2.45. The fourth-order valence-corrected chi connectivity index (χ4v) is 1.21. The van der Waals surface area contributed by atoms with E-state index in [9.17, 15) is 0 Å². The van der Waals surface area contributed by atoms with Gasteiger partial charge in [-0.2, -0.15) is 0 Å². The van der Waals surface area contributed by atoms with Gasteiger partial charge in [-0.3, -0.25) is 0 Å². The van der Waals surface area contributed by atoms with Crippen LogP contribution in [0.25, 0.3) is 0 Å². The Morgan fingerprint density at radius 2 is 2.50 bits per heavy atom. The molecule has 2 rings (SSSR count). The molecule has 54 valence electrons. The summed E-state index contributed by atoms with van der Waals surface area (Å²) >= 11 is 0. The zero-order valence-electron chi connectivity index (χ0n) is 5.96. The lowest BCUT2D eigenvalue weighted by molar-refractivity contribution is 0.549. The Hall–Kier alpha value is -1.06. The number of hydrogen-bond donors (Lipinski definition) is 1. The molecule has 4 heteroatoms. The smallest absolute Gasteiger partial charge is 0.147 e. The Kier molecular flexibility index (Phi) is 1.12. The van der Waals surface area contributed by atoms with Crippen LogP contribution in [0.5, 0.6) is 0 Å². The van der Waals surface area contributed by atoms with Crippen LogP contribution in [0.2, 0.25) is 0 Å². The van der Waals surface area contributed by atoms with E-state index in [0.717, 1.165) is 31.0 Å². The van der Waals surface area contributed by atoms with Gasteiger partial charge < -0.3 is 5.32 Å². The van der Waals surface area contributed by atoms with Gasteiger partial charge >= 0.3 is 0 Å². The Morgan fingerprint density at radius 3 is 3.30 bits per heavy atom. The second-order valence-electron chi connectivity index (χ2n) is 2.53. The molecule has 0 saturated heterocycles. The van der Waals surface area contributed by atoms with E-state index in [-0.39, 0.29) is 0 Å². The van der Waals surface area contributed by atoms with Crippen molar-refractivity contribution in [2.75, 3.05) is 11.9 Å². The molecule has 2 heterocycles. The molecule has 1 N–H and O–H groups in total. The number of anilines is 1. The third-order valence-electron chi connectivity index (χ3n) is 1.74. The highest BCUT2D eigenvalue weighted by molar-refractivity contribution is 5.39. The van der Waals surface area contributed by atoms with Gasteiger partial charge in [0.05, 0.1) is 0 Å². The summed E-state index contributed by atoms with van der Waals surface area (Å²) in [5.74, 6) is 1.09. The Labute approximate surface area is 59.2 Å². The zero-order chi connectivity index (χ0) is 6.97. The second-order valence-corrected chi connectivity index (χ2v) is 2.53. The topological polar surface area (TPSA) is 42.7 Å². The van der Waals surface area contributed by atoms with Crippen molar-refractivity contribution in [2.45, 2.75) is 19.9 Å². The molecule has 0 atom stereocenters. The molecule has 1 aliphatic heterocycles. The molecule has 0 aliphatic carbocycles. The fraction of sp³-hybridized carbons (Fsp3) is 0.667. The van der Waals surface area contributed by atoms with Gasteiger partial charge in [0.2, 0.25) is 0 Å². The minimum Gasteiger partial charge on any atom is -0.369 e. The molecular weight excluding hydrogens is 128 g/mol. The van der Waals surface area contributed by atoms with Crippen LogP contribution in [0, 0.1) is 6.92 Å². The van der Waals surface area contributed by atoms with Gasteiger partial charge in [0.1, 0.15) is 11.5 Å². The number of aromatic nitrogens is 3. The van der Waals surface area contributed by atoms with Crippen molar-refractivity contribution in [1.82, 2.24) is 15.0 Å². The fourth-order valence-electron chi connectivity index (χ4n) is 1.21. The molecule has 0 unspecified atom stereocenters. The maximum atomic E-state index is 3.96. The summed E-state index contributed by atoms with van der Waals surface area (Å²) in [4.78, 5) is 0. The maximum absolute atomic E-state index is 3.96. The number of fused-ring (bicyclic) bond motifs is 1. The quantitative estimate of drug-likeness (QED) is 0.564. The third-order valence-corrected chi connectivity index (χ3v) is 1.74. The molecule has 0 bridgehead atoms. The monoisotopic (exact) mass is 138 g/mol.